The van der Waals surface area contributed by atoms with Crippen LogP contribution in [0.3, 0.4) is 0 Å². The fourth-order valence-electron chi connectivity index (χ4n) is 2.78. The van der Waals surface area contributed by atoms with Gasteiger partial charge in [-0.2, -0.15) is 0 Å². The molecule has 118 valence electrons. The summed E-state index contributed by atoms with van der Waals surface area (Å²) in [5.41, 5.74) is 1.95. The highest BCUT2D eigenvalue weighted by atomic mass is 32.2. The highest BCUT2D eigenvalue weighted by molar-refractivity contribution is 8.00. The van der Waals surface area contributed by atoms with Crippen LogP contribution in [0.15, 0.2) is 42.6 Å². The Morgan fingerprint density at radius 1 is 1.17 bits per heavy atom. The van der Waals surface area contributed by atoms with Gasteiger partial charge in [-0.05, 0) is 29.8 Å². The maximum absolute atomic E-state index is 12.3. The Balaban J connectivity index is 1.60. The Hall–Kier alpha value is -2.21. The summed E-state index contributed by atoms with van der Waals surface area (Å²) in [6.45, 7) is 1.66. The molecule has 0 radical (unpaired) electrons. The Labute approximate surface area is 138 Å². The molecular weight excluding hydrogens is 312 g/mol. The summed E-state index contributed by atoms with van der Waals surface area (Å²) in [4.78, 5) is 18.5. The van der Waals surface area contributed by atoms with E-state index in [2.05, 4.69) is 4.98 Å². The van der Waals surface area contributed by atoms with Crippen molar-refractivity contribution in [3.8, 4) is 11.5 Å². The maximum Gasteiger partial charge on any atom is 0.234 e. The summed E-state index contributed by atoms with van der Waals surface area (Å²) in [6.07, 6.45) is 1.75. The summed E-state index contributed by atoms with van der Waals surface area (Å²) in [6, 6.07) is 11.7. The molecule has 4 rings (SSSR count). The normalized spacial score (nSPS) is 19.9. The molecule has 0 bridgehead atoms. The molecule has 1 saturated heterocycles. The van der Waals surface area contributed by atoms with Gasteiger partial charge in [-0.25, -0.2) is 0 Å². The third kappa shape index (κ3) is 2.86. The summed E-state index contributed by atoms with van der Waals surface area (Å²) in [5.74, 6) is 2.16. The topological polar surface area (TPSA) is 51.7 Å². The number of carbonyl (C=O) groups is 1. The van der Waals surface area contributed by atoms with Crippen LogP contribution in [-0.2, 0) is 11.3 Å². The van der Waals surface area contributed by atoms with E-state index in [9.17, 15) is 4.79 Å². The third-order valence-corrected chi connectivity index (χ3v) is 5.13. The number of benzene rings is 1. The minimum atomic E-state index is -0.0136. The average Bonchev–Trinajstić information content (AvgIpc) is 2.96. The van der Waals surface area contributed by atoms with Gasteiger partial charge in [-0.3, -0.25) is 9.78 Å². The number of carbonyl (C=O) groups excluding carboxylic acids is 1. The first kappa shape index (κ1) is 14.4. The molecule has 2 aliphatic heterocycles. The lowest BCUT2D eigenvalue weighted by atomic mass is 10.1. The number of thioether (sulfide) groups is 1. The Kier molecular flexibility index (Phi) is 3.83. The number of rotatable bonds is 3. The third-order valence-electron chi connectivity index (χ3n) is 3.88. The van der Waals surface area contributed by atoms with Gasteiger partial charge in [-0.1, -0.05) is 12.1 Å². The summed E-state index contributed by atoms with van der Waals surface area (Å²) in [7, 11) is 0. The fourth-order valence-corrected chi connectivity index (χ4v) is 3.96. The average molecular weight is 328 g/mol. The van der Waals surface area contributed by atoms with Crippen LogP contribution in [0, 0.1) is 0 Å². The largest absolute Gasteiger partial charge is 0.486 e. The van der Waals surface area contributed by atoms with Gasteiger partial charge in [-0.15, -0.1) is 11.8 Å². The molecule has 0 spiro atoms. The van der Waals surface area contributed by atoms with E-state index in [1.54, 1.807) is 18.0 Å². The number of hydrogen-bond donors (Lipinski definition) is 0. The number of hydrogen-bond acceptors (Lipinski definition) is 5. The van der Waals surface area contributed by atoms with Gasteiger partial charge in [0.05, 0.1) is 18.0 Å². The zero-order valence-electron chi connectivity index (χ0n) is 12.5. The Morgan fingerprint density at radius 2 is 2.04 bits per heavy atom. The standard InChI is InChI=1S/C17H16N2O3S/c20-16-11-23-17(19(16)10-13-3-1-2-6-18-13)12-4-5-14-15(9-12)22-8-7-21-14/h1-6,9,17H,7-8,10-11H2. The molecule has 1 aromatic carbocycles. The summed E-state index contributed by atoms with van der Waals surface area (Å²) in [5, 5.41) is -0.0136. The summed E-state index contributed by atoms with van der Waals surface area (Å²) < 4.78 is 11.2. The first-order chi connectivity index (χ1) is 11.3. The molecule has 1 atom stereocenters. The van der Waals surface area contributed by atoms with E-state index in [0.29, 0.717) is 25.5 Å². The molecule has 1 fully saturated rings. The van der Waals surface area contributed by atoms with Crippen molar-refractivity contribution in [3.63, 3.8) is 0 Å². The first-order valence-electron chi connectivity index (χ1n) is 7.52. The summed E-state index contributed by atoms with van der Waals surface area (Å²) >= 11 is 1.63. The van der Waals surface area contributed by atoms with Crippen LogP contribution in [0.25, 0.3) is 0 Å². The lowest BCUT2D eigenvalue weighted by Crippen LogP contribution is -2.28. The number of pyridine rings is 1. The van der Waals surface area contributed by atoms with Crippen LogP contribution < -0.4 is 9.47 Å². The predicted molar refractivity (Wildman–Crippen MR) is 87.4 cm³/mol. The molecule has 6 heteroatoms. The van der Waals surface area contributed by atoms with Crippen molar-refractivity contribution >= 4 is 17.7 Å². The van der Waals surface area contributed by atoms with E-state index in [1.807, 2.05) is 41.3 Å². The van der Waals surface area contributed by atoms with Crippen molar-refractivity contribution in [2.45, 2.75) is 11.9 Å². The smallest absolute Gasteiger partial charge is 0.234 e. The van der Waals surface area contributed by atoms with E-state index in [4.69, 9.17) is 9.47 Å². The van der Waals surface area contributed by atoms with Crippen molar-refractivity contribution in [2.24, 2.45) is 0 Å². The van der Waals surface area contributed by atoms with Crippen LogP contribution in [0.4, 0.5) is 0 Å². The van der Waals surface area contributed by atoms with Crippen molar-refractivity contribution in [1.29, 1.82) is 0 Å². The highest BCUT2D eigenvalue weighted by Crippen LogP contribution is 2.42. The van der Waals surface area contributed by atoms with Gasteiger partial charge in [0, 0.05) is 6.20 Å². The van der Waals surface area contributed by atoms with E-state index in [1.165, 1.54) is 0 Å². The molecule has 2 aliphatic rings. The first-order valence-corrected chi connectivity index (χ1v) is 8.57. The van der Waals surface area contributed by atoms with Gasteiger partial charge < -0.3 is 14.4 Å². The van der Waals surface area contributed by atoms with Gasteiger partial charge in [0.1, 0.15) is 18.6 Å². The minimum absolute atomic E-state index is 0.0136. The van der Waals surface area contributed by atoms with Crippen LogP contribution in [-0.4, -0.2) is 34.8 Å². The molecule has 1 aromatic heterocycles. The van der Waals surface area contributed by atoms with E-state index in [0.717, 1.165) is 22.8 Å². The Bertz CT molecular complexity index is 723. The fraction of sp³-hybridized carbons (Fsp3) is 0.294. The van der Waals surface area contributed by atoms with Crippen LogP contribution >= 0.6 is 11.8 Å². The molecule has 3 heterocycles. The number of fused-ring (bicyclic) bond motifs is 1. The van der Waals surface area contributed by atoms with Crippen molar-refractivity contribution in [2.75, 3.05) is 19.0 Å². The number of ether oxygens (including phenoxy) is 2. The zero-order chi connectivity index (χ0) is 15.6. The monoisotopic (exact) mass is 328 g/mol. The second-order valence-corrected chi connectivity index (χ2v) is 6.48. The van der Waals surface area contributed by atoms with Crippen molar-refractivity contribution in [3.05, 3.63) is 53.9 Å². The Morgan fingerprint density at radius 3 is 2.87 bits per heavy atom. The zero-order valence-corrected chi connectivity index (χ0v) is 13.3. The molecule has 1 amide bonds. The van der Waals surface area contributed by atoms with Crippen molar-refractivity contribution < 1.29 is 14.3 Å². The SMILES string of the molecule is O=C1CSC(c2ccc3c(c2)OCCO3)N1Cc1ccccn1. The molecule has 0 N–H and O–H groups in total. The minimum Gasteiger partial charge on any atom is -0.486 e. The number of nitrogens with zero attached hydrogens (tertiary/aromatic N) is 2. The van der Waals surface area contributed by atoms with Gasteiger partial charge >= 0.3 is 0 Å². The van der Waals surface area contributed by atoms with E-state index in [-0.39, 0.29) is 11.3 Å². The predicted octanol–water partition coefficient (Wildman–Crippen LogP) is 2.63. The van der Waals surface area contributed by atoms with Crippen molar-refractivity contribution in [1.82, 2.24) is 9.88 Å². The quantitative estimate of drug-likeness (QED) is 0.867. The molecule has 1 unspecified atom stereocenters. The second-order valence-electron chi connectivity index (χ2n) is 5.41. The van der Waals surface area contributed by atoms with Gasteiger partial charge in [0.25, 0.3) is 0 Å². The lowest BCUT2D eigenvalue weighted by Gasteiger charge is -2.25. The molecule has 2 aromatic rings. The number of amides is 1. The van der Waals surface area contributed by atoms with Gasteiger partial charge in [0.2, 0.25) is 5.91 Å². The molecule has 5 nitrogen and oxygen atoms in total. The highest BCUT2D eigenvalue weighted by Gasteiger charge is 2.33. The van der Waals surface area contributed by atoms with E-state index < -0.39 is 0 Å². The molecule has 23 heavy (non-hydrogen) atoms. The van der Waals surface area contributed by atoms with Crippen LogP contribution in [0.5, 0.6) is 11.5 Å². The van der Waals surface area contributed by atoms with Gasteiger partial charge in [0.15, 0.2) is 11.5 Å². The maximum atomic E-state index is 12.3. The molecule has 0 saturated carbocycles. The lowest BCUT2D eigenvalue weighted by molar-refractivity contribution is -0.128. The molecule has 0 aliphatic carbocycles. The van der Waals surface area contributed by atoms with Crippen LogP contribution in [0.1, 0.15) is 16.6 Å². The molecular formula is C17H16N2O3S. The second kappa shape index (κ2) is 6.12. The van der Waals surface area contributed by atoms with E-state index >= 15 is 0 Å². The number of aromatic nitrogens is 1. The van der Waals surface area contributed by atoms with Crippen LogP contribution in [0.2, 0.25) is 0 Å².